The summed E-state index contributed by atoms with van der Waals surface area (Å²) in [5, 5.41) is 2.47. The van der Waals surface area contributed by atoms with Crippen molar-refractivity contribution in [2.24, 2.45) is 0 Å². The van der Waals surface area contributed by atoms with E-state index in [4.69, 9.17) is 0 Å². The number of fused-ring (bicyclic) bond motifs is 1. The molecule has 0 aliphatic carbocycles. The van der Waals surface area contributed by atoms with Gasteiger partial charge in [-0.1, -0.05) is 176 Å². The Balaban J connectivity index is 1.00. The lowest BCUT2D eigenvalue weighted by atomic mass is 9.96. The maximum atomic E-state index is 2.33. The van der Waals surface area contributed by atoms with E-state index in [0.29, 0.717) is 0 Å². The summed E-state index contributed by atoms with van der Waals surface area (Å²) in [6.45, 7) is 0. The van der Waals surface area contributed by atoms with Crippen LogP contribution in [0.15, 0.2) is 224 Å². The minimum Gasteiger partial charge on any atom is -0.311 e. The average molecular weight is 676 g/mol. The molecule has 0 unspecified atom stereocenters. The number of hydrogen-bond acceptors (Lipinski definition) is 1. The van der Waals surface area contributed by atoms with Crippen LogP contribution in [0.25, 0.3) is 66.4 Å². The van der Waals surface area contributed by atoms with Gasteiger partial charge in [0.05, 0.1) is 0 Å². The molecular formula is C52H37N. The molecule has 53 heavy (non-hydrogen) atoms. The van der Waals surface area contributed by atoms with Gasteiger partial charge in [0, 0.05) is 17.1 Å². The van der Waals surface area contributed by atoms with Gasteiger partial charge in [-0.3, -0.25) is 0 Å². The number of rotatable bonds is 8. The molecule has 0 atom stereocenters. The number of nitrogens with zero attached hydrogens (tertiary/aromatic N) is 1. The molecule has 9 rings (SSSR count). The Hall–Kier alpha value is -6.96. The third-order valence-corrected chi connectivity index (χ3v) is 10.1. The Kier molecular flexibility index (Phi) is 8.66. The zero-order chi connectivity index (χ0) is 35.4. The third-order valence-electron chi connectivity index (χ3n) is 10.1. The summed E-state index contributed by atoms with van der Waals surface area (Å²) in [5.41, 5.74) is 15.5. The van der Waals surface area contributed by atoms with E-state index in [2.05, 4.69) is 229 Å². The van der Waals surface area contributed by atoms with E-state index in [1.807, 2.05) is 0 Å². The molecule has 0 fully saturated rings. The first-order chi connectivity index (χ1) is 26.2. The molecule has 9 aromatic rings. The quantitative estimate of drug-likeness (QED) is 0.155. The van der Waals surface area contributed by atoms with Crippen molar-refractivity contribution in [3.63, 3.8) is 0 Å². The van der Waals surface area contributed by atoms with Crippen LogP contribution in [0.1, 0.15) is 0 Å². The zero-order valence-electron chi connectivity index (χ0n) is 29.3. The second-order valence-corrected chi connectivity index (χ2v) is 13.4. The van der Waals surface area contributed by atoms with Crippen LogP contribution >= 0.6 is 0 Å². The molecule has 1 heteroatoms. The van der Waals surface area contributed by atoms with Gasteiger partial charge in [-0.15, -0.1) is 0 Å². The summed E-state index contributed by atoms with van der Waals surface area (Å²) in [5.74, 6) is 0. The molecule has 0 aliphatic rings. The molecule has 0 bridgehead atoms. The fourth-order valence-corrected chi connectivity index (χ4v) is 7.21. The van der Waals surface area contributed by atoms with Crippen molar-refractivity contribution in [2.45, 2.75) is 0 Å². The highest BCUT2D eigenvalue weighted by Gasteiger charge is 2.14. The Morgan fingerprint density at radius 2 is 0.415 bits per heavy atom. The normalized spacial score (nSPS) is 11.0. The Morgan fingerprint density at radius 3 is 0.717 bits per heavy atom. The van der Waals surface area contributed by atoms with Crippen molar-refractivity contribution in [1.29, 1.82) is 0 Å². The Bertz CT molecular complexity index is 2510. The molecule has 250 valence electrons. The van der Waals surface area contributed by atoms with Gasteiger partial charge in [-0.2, -0.15) is 0 Å². The first-order valence-electron chi connectivity index (χ1n) is 18.2. The van der Waals surface area contributed by atoms with Gasteiger partial charge in [0.2, 0.25) is 0 Å². The Morgan fingerprint density at radius 1 is 0.189 bits per heavy atom. The topological polar surface area (TPSA) is 3.24 Å². The van der Waals surface area contributed by atoms with E-state index in [-0.39, 0.29) is 0 Å². The van der Waals surface area contributed by atoms with Crippen molar-refractivity contribution >= 4 is 27.8 Å². The first kappa shape index (κ1) is 32.0. The summed E-state index contributed by atoms with van der Waals surface area (Å²) >= 11 is 0. The van der Waals surface area contributed by atoms with Crippen molar-refractivity contribution in [2.75, 3.05) is 4.90 Å². The maximum Gasteiger partial charge on any atom is 0.0462 e. The van der Waals surface area contributed by atoms with E-state index in [1.165, 1.54) is 66.4 Å². The molecule has 0 heterocycles. The van der Waals surface area contributed by atoms with Crippen LogP contribution in [0.4, 0.5) is 17.1 Å². The predicted octanol–water partition coefficient (Wildman–Crippen LogP) is 14.6. The fourth-order valence-electron chi connectivity index (χ4n) is 7.21. The lowest BCUT2D eigenvalue weighted by molar-refractivity contribution is 1.28. The van der Waals surface area contributed by atoms with Crippen molar-refractivity contribution < 1.29 is 0 Å². The van der Waals surface area contributed by atoms with Gasteiger partial charge >= 0.3 is 0 Å². The van der Waals surface area contributed by atoms with Gasteiger partial charge in [-0.05, 0) is 115 Å². The second-order valence-electron chi connectivity index (χ2n) is 13.4. The van der Waals surface area contributed by atoms with Crippen LogP contribution < -0.4 is 4.90 Å². The number of hydrogen-bond donors (Lipinski definition) is 0. The van der Waals surface area contributed by atoms with Crippen LogP contribution in [-0.2, 0) is 0 Å². The van der Waals surface area contributed by atoms with Crippen molar-refractivity contribution in [3.8, 4) is 55.6 Å². The van der Waals surface area contributed by atoms with Crippen LogP contribution in [-0.4, -0.2) is 0 Å². The monoisotopic (exact) mass is 675 g/mol. The third kappa shape index (κ3) is 6.77. The molecule has 0 saturated heterocycles. The molecule has 0 aliphatic heterocycles. The van der Waals surface area contributed by atoms with Gasteiger partial charge in [0.15, 0.2) is 0 Å². The fraction of sp³-hybridized carbons (Fsp3) is 0. The first-order valence-corrected chi connectivity index (χ1v) is 18.2. The van der Waals surface area contributed by atoms with Crippen molar-refractivity contribution in [3.05, 3.63) is 224 Å². The highest BCUT2D eigenvalue weighted by atomic mass is 15.1. The second kappa shape index (κ2) is 14.3. The van der Waals surface area contributed by atoms with Gasteiger partial charge in [-0.25, -0.2) is 0 Å². The van der Waals surface area contributed by atoms with Gasteiger partial charge < -0.3 is 4.90 Å². The number of anilines is 3. The summed E-state index contributed by atoms with van der Waals surface area (Å²) in [6, 6.07) is 80.7. The van der Waals surface area contributed by atoms with Crippen LogP contribution in [0.2, 0.25) is 0 Å². The molecule has 0 spiro atoms. The molecule has 0 amide bonds. The standard InChI is InChI=1S/C52H37N/c1-4-10-38(11-5-1)41-16-18-44(19-17-41)46-20-22-49-37-47(21-23-48(49)36-46)45-28-34-52(35-29-45)53(50-30-24-42(25-31-50)39-12-6-2-7-13-39)51-32-26-43(27-33-51)40-14-8-3-9-15-40/h1-37H. The largest absolute Gasteiger partial charge is 0.311 e. The highest BCUT2D eigenvalue weighted by molar-refractivity contribution is 5.91. The van der Waals surface area contributed by atoms with E-state index in [9.17, 15) is 0 Å². The highest BCUT2D eigenvalue weighted by Crippen LogP contribution is 2.38. The maximum absolute atomic E-state index is 2.33. The lowest BCUT2D eigenvalue weighted by Crippen LogP contribution is -2.09. The van der Waals surface area contributed by atoms with E-state index in [1.54, 1.807) is 0 Å². The van der Waals surface area contributed by atoms with E-state index in [0.717, 1.165) is 17.1 Å². The molecule has 9 aromatic carbocycles. The molecule has 0 radical (unpaired) electrons. The minimum absolute atomic E-state index is 1.11. The van der Waals surface area contributed by atoms with Crippen LogP contribution in [0.5, 0.6) is 0 Å². The number of benzene rings is 9. The van der Waals surface area contributed by atoms with E-state index < -0.39 is 0 Å². The molecule has 0 aromatic heterocycles. The average Bonchev–Trinajstić information content (AvgIpc) is 3.25. The van der Waals surface area contributed by atoms with Crippen LogP contribution in [0.3, 0.4) is 0 Å². The molecule has 1 nitrogen and oxygen atoms in total. The summed E-state index contributed by atoms with van der Waals surface area (Å²) < 4.78 is 0. The smallest absolute Gasteiger partial charge is 0.0462 e. The van der Waals surface area contributed by atoms with Crippen LogP contribution in [0, 0.1) is 0 Å². The molecule has 0 N–H and O–H groups in total. The molecular weight excluding hydrogens is 639 g/mol. The minimum atomic E-state index is 1.11. The summed E-state index contributed by atoms with van der Waals surface area (Å²) in [6.07, 6.45) is 0. The van der Waals surface area contributed by atoms with Gasteiger partial charge in [0.25, 0.3) is 0 Å². The molecule has 0 saturated carbocycles. The van der Waals surface area contributed by atoms with E-state index >= 15 is 0 Å². The SMILES string of the molecule is c1ccc(-c2ccc(-c3ccc4cc(-c5ccc(N(c6ccc(-c7ccccc7)cc6)c6ccc(-c7ccccc7)cc6)cc5)ccc4c3)cc2)cc1. The zero-order valence-corrected chi connectivity index (χ0v) is 29.3. The lowest BCUT2D eigenvalue weighted by Gasteiger charge is -2.26. The summed E-state index contributed by atoms with van der Waals surface area (Å²) in [7, 11) is 0. The van der Waals surface area contributed by atoms with Crippen molar-refractivity contribution in [1.82, 2.24) is 0 Å². The summed E-state index contributed by atoms with van der Waals surface area (Å²) in [4.78, 5) is 2.33. The van der Waals surface area contributed by atoms with Gasteiger partial charge in [0.1, 0.15) is 0 Å². The Labute approximate surface area is 311 Å². The predicted molar refractivity (Wildman–Crippen MR) is 226 cm³/mol.